The van der Waals surface area contributed by atoms with Gasteiger partial charge in [-0.15, -0.1) is 0 Å². The summed E-state index contributed by atoms with van der Waals surface area (Å²) in [6.45, 7) is -0.428. The number of carbonyl (C=O) groups is 2. The van der Waals surface area contributed by atoms with Crippen LogP contribution in [0.4, 0.5) is 5.69 Å². The van der Waals surface area contributed by atoms with Crippen LogP contribution in [0.5, 0.6) is 0 Å². The van der Waals surface area contributed by atoms with Crippen LogP contribution in [0, 0.1) is 0 Å². The van der Waals surface area contributed by atoms with E-state index >= 15 is 0 Å². The first-order valence-corrected chi connectivity index (χ1v) is 8.65. The Morgan fingerprint density at radius 1 is 1.16 bits per heavy atom. The maximum Gasteiger partial charge on any atom is 0.323 e. The molecule has 25 heavy (non-hydrogen) atoms. The number of carboxylic acid groups (broad SMARTS) is 1. The Morgan fingerprint density at radius 2 is 1.84 bits per heavy atom. The van der Waals surface area contributed by atoms with E-state index in [1.807, 2.05) is 54.6 Å². The lowest BCUT2D eigenvalue weighted by Crippen LogP contribution is -2.33. The molecule has 0 aliphatic carbocycles. The van der Waals surface area contributed by atoms with Gasteiger partial charge in [0.05, 0.1) is 4.91 Å². The van der Waals surface area contributed by atoms with E-state index < -0.39 is 18.4 Å². The molecule has 0 atom stereocenters. The number of rotatable bonds is 5. The Bertz CT molecular complexity index is 866. The van der Waals surface area contributed by atoms with Gasteiger partial charge in [0.1, 0.15) is 10.9 Å². The molecule has 1 fully saturated rings. The van der Waals surface area contributed by atoms with Crippen molar-refractivity contribution in [3.05, 3.63) is 65.7 Å². The first-order valence-electron chi connectivity index (χ1n) is 7.43. The third-order valence-electron chi connectivity index (χ3n) is 3.54. The fourth-order valence-corrected chi connectivity index (χ4v) is 3.57. The van der Waals surface area contributed by atoms with Crippen LogP contribution in [0.3, 0.4) is 0 Å². The zero-order valence-corrected chi connectivity index (χ0v) is 14.6. The largest absolute Gasteiger partial charge is 0.480 e. The number of nitrogens with zero attached hydrogens (tertiary/aromatic N) is 1. The van der Waals surface area contributed by atoms with Crippen LogP contribution >= 0.6 is 24.0 Å². The highest BCUT2D eigenvalue weighted by molar-refractivity contribution is 8.26. The zero-order valence-electron chi connectivity index (χ0n) is 13.0. The first kappa shape index (κ1) is 17.2. The number of hydrogen-bond donors (Lipinski definition) is 2. The summed E-state index contributed by atoms with van der Waals surface area (Å²) >= 11 is 6.17. The smallest absolute Gasteiger partial charge is 0.323 e. The summed E-state index contributed by atoms with van der Waals surface area (Å²) in [7, 11) is 0. The SMILES string of the molecule is O=C(O)CN1C(=O)/C(=C\Nc2ccccc2-c2ccccc2)SC1=S. The van der Waals surface area contributed by atoms with Crippen molar-refractivity contribution in [3.8, 4) is 11.1 Å². The molecule has 1 heterocycles. The lowest BCUT2D eigenvalue weighted by Gasteiger charge is -2.11. The lowest BCUT2D eigenvalue weighted by atomic mass is 10.0. The van der Waals surface area contributed by atoms with Gasteiger partial charge in [-0.2, -0.15) is 0 Å². The number of hydrogen-bond acceptors (Lipinski definition) is 5. The minimum absolute atomic E-state index is 0.247. The molecule has 0 unspecified atom stereocenters. The van der Waals surface area contributed by atoms with Crippen molar-refractivity contribution in [1.82, 2.24) is 4.90 Å². The number of thioether (sulfide) groups is 1. The quantitative estimate of drug-likeness (QED) is 0.620. The van der Waals surface area contributed by atoms with Crippen LogP contribution in [0.15, 0.2) is 65.7 Å². The molecule has 0 bridgehead atoms. The average molecular weight is 370 g/mol. The third kappa shape index (κ3) is 3.89. The summed E-state index contributed by atoms with van der Waals surface area (Å²) in [6, 6.07) is 17.6. The van der Waals surface area contributed by atoms with Crippen molar-refractivity contribution in [2.24, 2.45) is 0 Å². The molecule has 1 aliphatic rings. The molecule has 3 rings (SSSR count). The zero-order chi connectivity index (χ0) is 17.8. The van der Waals surface area contributed by atoms with E-state index in [0.29, 0.717) is 4.91 Å². The number of carbonyl (C=O) groups excluding carboxylic acids is 1. The summed E-state index contributed by atoms with van der Waals surface area (Å²) < 4.78 is 0.247. The summed E-state index contributed by atoms with van der Waals surface area (Å²) in [5.74, 6) is -1.50. The average Bonchev–Trinajstić information content (AvgIpc) is 2.88. The molecule has 0 saturated carbocycles. The van der Waals surface area contributed by atoms with Crippen molar-refractivity contribution in [2.45, 2.75) is 0 Å². The van der Waals surface area contributed by atoms with Gasteiger partial charge < -0.3 is 10.4 Å². The predicted octanol–water partition coefficient (Wildman–Crippen LogP) is 3.55. The summed E-state index contributed by atoms with van der Waals surface area (Å²) in [4.78, 5) is 24.6. The molecule has 2 aromatic carbocycles. The van der Waals surface area contributed by atoms with E-state index in [0.717, 1.165) is 33.5 Å². The van der Waals surface area contributed by atoms with Crippen LogP contribution in [0.1, 0.15) is 0 Å². The number of aliphatic carboxylic acids is 1. The van der Waals surface area contributed by atoms with Crippen LogP contribution < -0.4 is 5.32 Å². The molecule has 7 heteroatoms. The van der Waals surface area contributed by atoms with Gasteiger partial charge in [0.2, 0.25) is 0 Å². The van der Waals surface area contributed by atoms with Gasteiger partial charge >= 0.3 is 5.97 Å². The number of anilines is 1. The molecule has 0 radical (unpaired) electrons. The number of carboxylic acids is 1. The molecule has 1 saturated heterocycles. The van der Waals surface area contributed by atoms with E-state index in [-0.39, 0.29) is 4.32 Å². The molecule has 1 amide bonds. The summed E-state index contributed by atoms with van der Waals surface area (Å²) in [5, 5.41) is 12.0. The van der Waals surface area contributed by atoms with Crippen LogP contribution in [-0.4, -0.2) is 32.7 Å². The second-order valence-electron chi connectivity index (χ2n) is 5.22. The molecule has 1 aliphatic heterocycles. The van der Waals surface area contributed by atoms with Crippen LogP contribution in [0.25, 0.3) is 11.1 Å². The summed E-state index contributed by atoms with van der Waals surface area (Å²) in [6.07, 6.45) is 1.57. The molecule has 0 aromatic heterocycles. The highest BCUT2D eigenvalue weighted by Gasteiger charge is 2.33. The molecular formula is C18H14N2O3S2. The number of nitrogens with one attached hydrogen (secondary N) is 1. The maximum atomic E-state index is 12.3. The van der Waals surface area contributed by atoms with E-state index in [4.69, 9.17) is 17.3 Å². The van der Waals surface area contributed by atoms with Crippen LogP contribution in [-0.2, 0) is 9.59 Å². The Kier molecular flexibility index (Phi) is 5.16. The first-order chi connectivity index (χ1) is 12.1. The number of thiocarbonyl (C=S) groups is 1. The maximum absolute atomic E-state index is 12.3. The van der Waals surface area contributed by atoms with Gasteiger partial charge in [0, 0.05) is 17.5 Å². The van der Waals surface area contributed by atoms with E-state index in [1.165, 1.54) is 0 Å². The van der Waals surface area contributed by atoms with Gasteiger partial charge in [-0.3, -0.25) is 14.5 Å². The van der Waals surface area contributed by atoms with E-state index in [2.05, 4.69) is 5.32 Å². The van der Waals surface area contributed by atoms with Gasteiger partial charge in [0.15, 0.2) is 0 Å². The van der Waals surface area contributed by atoms with Gasteiger partial charge in [0.25, 0.3) is 5.91 Å². The molecule has 2 N–H and O–H groups in total. The second kappa shape index (κ2) is 7.50. The van der Waals surface area contributed by atoms with Gasteiger partial charge in [-0.05, 0) is 11.6 Å². The standard InChI is InChI=1S/C18H14N2O3S2/c21-16(22)11-20-17(23)15(25-18(20)24)10-19-14-9-5-4-8-13(14)12-6-2-1-3-7-12/h1-10,19H,11H2,(H,21,22)/b15-10+. The predicted molar refractivity (Wildman–Crippen MR) is 103 cm³/mol. The van der Waals surface area contributed by atoms with E-state index in [1.54, 1.807) is 6.20 Å². The fraction of sp³-hybridized carbons (Fsp3) is 0.0556. The van der Waals surface area contributed by atoms with Crippen molar-refractivity contribution >= 4 is 45.9 Å². The monoisotopic (exact) mass is 370 g/mol. The Labute approximate surface area is 154 Å². The summed E-state index contributed by atoms with van der Waals surface area (Å²) in [5.41, 5.74) is 2.90. The molecular weight excluding hydrogens is 356 g/mol. The Morgan fingerprint density at radius 3 is 2.56 bits per heavy atom. The van der Waals surface area contributed by atoms with Gasteiger partial charge in [-0.1, -0.05) is 72.5 Å². The highest BCUT2D eigenvalue weighted by Crippen LogP contribution is 2.32. The van der Waals surface area contributed by atoms with Crippen molar-refractivity contribution < 1.29 is 14.7 Å². The Balaban J connectivity index is 1.83. The minimum atomic E-state index is -1.10. The minimum Gasteiger partial charge on any atom is -0.480 e. The topological polar surface area (TPSA) is 69.6 Å². The lowest BCUT2D eigenvalue weighted by molar-refractivity contribution is -0.140. The number of amides is 1. The molecule has 5 nitrogen and oxygen atoms in total. The number of para-hydroxylation sites is 1. The van der Waals surface area contributed by atoms with Gasteiger partial charge in [-0.25, -0.2) is 0 Å². The normalized spacial score (nSPS) is 15.7. The van der Waals surface area contributed by atoms with E-state index in [9.17, 15) is 9.59 Å². The van der Waals surface area contributed by atoms with Crippen LogP contribution in [0.2, 0.25) is 0 Å². The molecule has 2 aromatic rings. The number of benzene rings is 2. The molecule has 0 spiro atoms. The second-order valence-corrected chi connectivity index (χ2v) is 6.89. The fourth-order valence-electron chi connectivity index (χ4n) is 2.39. The van der Waals surface area contributed by atoms with Crippen molar-refractivity contribution in [3.63, 3.8) is 0 Å². The third-order valence-corrected chi connectivity index (χ3v) is 4.92. The highest BCUT2D eigenvalue weighted by atomic mass is 32.2. The van der Waals surface area contributed by atoms with Crippen molar-refractivity contribution in [2.75, 3.05) is 11.9 Å². The Hall–Kier alpha value is -2.64. The van der Waals surface area contributed by atoms with Crippen molar-refractivity contribution in [1.29, 1.82) is 0 Å². The molecule has 126 valence electrons.